The minimum atomic E-state index is -0.269. The molecule has 1 N–H and O–H groups in total. The first-order chi connectivity index (χ1) is 9.70. The number of aryl methyl sites for hydroxylation is 1. The molecule has 20 heavy (non-hydrogen) atoms. The quantitative estimate of drug-likeness (QED) is 0.655. The maximum absolute atomic E-state index is 13.6. The predicted molar refractivity (Wildman–Crippen MR) is 86.9 cm³/mol. The predicted octanol–water partition coefficient (Wildman–Crippen LogP) is 4.98. The Labute approximate surface area is 131 Å². The van der Waals surface area contributed by atoms with Gasteiger partial charge in [-0.15, -0.1) is 11.3 Å². The van der Waals surface area contributed by atoms with Crippen LogP contribution in [0.25, 0.3) is 21.7 Å². The number of H-pyrrole nitrogens is 1. The molecule has 2 aromatic heterocycles. The molecule has 1 aromatic carbocycles. The maximum atomic E-state index is 13.6. The van der Waals surface area contributed by atoms with Gasteiger partial charge < -0.3 is 4.98 Å². The van der Waals surface area contributed by atoms with Gasteiger partial charge in [-0.1, -0.05) is 0 Å². The molecule has 6 heteroatoms. The first-order valence-electron chi connectivity index (χ1n) is 6.25. The number of nitrogens with one attached hydrogen (secondary N) is 1. The second-order valence-electron chi connectivity index (χ2n) is 4.73. The lowest BCUT2D eigenvalue weighted by Crippen LogP contribution is -1.96. The van der Waals surface area contributed by atoms with E-state index in [1.165, 1.54) is 22.3 Å². The van der Waals surface area contributed by atoms with Crippen LogP contribution in [0.3, 0.4) is 0 Å². The molecule has 0 saturated heterocycles. The van der Waals surface area contributed by atoms with Gasteiger partial charge in [0.1, 0.15) is 11.6 Å². The molecule has 0 bridgehead atoms. The summed E-state index contributed by atoms with van der Waals surface area (Å²) in [4.78, 5) is 10.4. The van der Waals surface area contributed by atoms with Crippen molar-refractivity contribution in [1.82, 2.24) is 9.97 Å². The lowest BCUT2D eigenvalue weighted by atomic mass is 10.2. The second-order valence-corrected chi connectivity index (χ2v) is 7.83. The van der Waals surface area contributed by atoms with E-state index in [0.29, 0.717) is 4.47 Å². The maximum Gasteiger partial charge on any atom is 0.148 e. The standard InChI is InChI=1S/C14H10BrFN2S2/c15-8-4-10-11(5-9(8)16)18-14(17-10)13-3-7-6-19-2-1-12(7)20-13/h3-5H,1-2,6H2,(H,17,18). The molecule has 0 saturated carbocycles. The van der Waals surface area contributed by atoms with Crippen molar-refractivity contribution in [1.29, 1.82) is 0 Å². The Morgan fingerprint density at radius 3 is 3.05 bits per heavy atom. The minimum absolute atomic E-state index is 0.269. The van der Waals surface area contributed by atoms with Crippen LogP contribution in [-0.4, -0.2) is 15.7 Å². The Kier molecular flexibility index (Phi) is 3.12. The Bertz CT molecular complexity index is 746. The first kappa shape index (κ1) is 12.9. The zero-order valence-electron chi connectivity index (χ0n) is 10.4. The molecule has 3 aromatic rings. The highest BCUT2D eigenvalue weighted by Gasteiger charge is 2.16. The van der Waals surface area contributed by atoms with Crippen molar-refractivity contribution >= 4 is 50.1 Å². The summed E-state index contributed by atoms with van der Waals surface area (Å²) in [6.45, 7) is 0. The highest BCUT2D eigenvalue weighted by Crippen LogP contribution is 2.36. The largest absolute Gasteiger partial charge is 0.337 e. The fourth-order valence-electron chi connectivity index (χ4n) is 2.39. The average molecular weight is 369 g/mol. The summed E-state index contributed by atoms with van der Waals surface area (Å²) < 4.78 is 14.0. The molecule has 0 aliphatic carbocycles. The molecule has 0 amide bonds. The van der Waals surface area contributed by atoms with Crippen LogP contribution < -0.4 is 0 Å². The van der Waals surface area contributed by atoms with Crippen molar-refractivity contribution < 1.29 is 4.39 Å². The van der Waals surface area contributed by atoms with Gasteiger partial charge in [0.25, 0.3) is 0 Å². The lowest BCUT2D eigenvalue weighted by Gasteiger charge is -2.08. The molecule has 2 nitrogen and oxygen atoms in total. The van der Waals surface area contributed by atoms with Crippen molar-refractivity contribution in [3.63, 3.8) is 0 Å². The summed E-state index contributed by atoms with van der Waals surface area (Å²) >= 11 is 6.97. The van der Waals surface area contributed by atoms with Gasteiger partial charge >= 0.3 is 0 Å². The number of aromatic nitrogens is 2. The number of nitrogens with zero attached hydrogens (tertiary/aromatic N) is 1. The number of thiophene rings is 1. The summed E-state index contributed by atoms with van der Waals surface area (Å²) in [5.41, 5.74) is 2.95. The fraction of sp³-hybridized carbons (Fsp3) is 0.214. The lowest BCUT2D eigenvalue weighted by molar-refractivity contribution is 0.623. The normalized spacial score (nSPS) is 14.7. The summed E-state index contributed by atoms with van der Waals surface area (Å²) in [5.74, 6) is 2.86. The van der Waals surface area contributed by atoms with E-state index in [9.17, 15) is 4.39 Å². The van der Waals surface area contributed by atoms with Crippen LogP contribution in [0.2, 0.25) is 0 Å². The summed E-state index contributed by atoms with van der Waals surface area (Å²) in [6, 6.07) is 5.42. The third-order valence-corrected chi connectivity index (χ3v) is 6.24. The molecular weight excluding hydrogens is 359 g/mol. The van der Waals surface area contributed by atoms with Crippen LogP contribution in [-0.2, 0) is 12.2 Å². The van der Waals surface area contributed by atoms with E-state index in [1.807, 2.05) is 11.8 Å². The molecule has 0 fully saturated rings. The van der Waals surface area contributed by atoms with Gasteiger partial charge in [0.15, 0.2) is 0 Å². The zero-order chi connectivity index (χ0) is 13.7. The summed E-state index contributed by atoms with van der Waals surface area (Å²) in [6.07, 6.45) is 1.14. The molecule has 3 heterocycles. The van der Waals surface area contributed by atoms with Gasteiger partial charge in [0.05, 0.1) is 20.4 Å². The zero-order valence-corrected chi connectivity index (χ0v) is 13.6. The molecule has 1 aliphatic heterocycles. The Balaban J connectivity index is 1.83. The Hall–Kier alpha value is -0.850. The van der Waals surface area contributed by atoms with Crippen molar-refractivity contribution in [2.45, 2.75) is 12.2 Å². The van der Waals surface area contributed by atoms with Gasteiger partial charge in [0, 0.05) is 16.7 Å². The number of benzene rings is 1. The molecule has 0 atom stereocenters. The van der Waals surface area contributed by atoms with Gasteiger partial charge in [-0.2, -0.15) is 11.8 Å². The topological polar surface area (TPSA) is 28.7 Å². The molecule has 0 unspecified atom stereocenters. The van der Waals surface area contributed by atoms with E-state index in [-0.39, 0.29) is 5.82 Å². The monoisotopic (exact) mass is 368 g/mol. The van der Waals surface area contributed by atoms with Crippen LogP contribution in [0.4, 0.5) is 4.39 Å². The highest BCUT2D eigenvalue weighted by molar-refractivity contribution is 9.10. The van der Waals surface area contributed by atoms with E-state index < -0.39 is 0 Å². The molecule has 4 rings (SSSR count). The minimum Gasteiger partial charge on any atom is -0.337 e. The molecule has 0 spiro atoms. The third-order valence-electron chi connectivity index (χ3n) is 3.38. The van der Waals surface area contributed by atoms with Gasteiger partial charge in [-0.25, -0.2) is 9.37 Å². The summed E-state index contributed by atoms with van der Waals surface area (Å²) in [5, 5.41) is 0. The van der Waals surface area contributed by atoms with Crippen molar-refractivity contribution in [3.05, 3.63) is 38.9 Å². The Morgan fingerprint density at radius 2 is 2.20 bits per heavy atom. The van der Waals surface area contributed by atoms with Crippen molar-refractivity contribution in [2.75, 3.05) is 5.75 Å². The van der Waals surface area contributed by atoms with Crippen molar-refractivity contribution in [3.8, 4) is 10.7 Å². The van der Waals surface area contributed by atoms with E-state index in [2.05, 4.69) is 32.0 Å². The molecule has 1 aliphatic rings. The van der Waals surface area contributed by atoms with E-state index in [0.717, 1.165) is 33.9 Å². The molecular formula is C14H10BrFN2S2. The van der Waals surface area contributed by atoms with Gasteiger partial charge in [-0.05, 0) is 45.8 Å². The van der Waals surface area contributed by atoms with Crippen LogP contribution in [0.5, 0.6) is 0 Å². The van der Waals surface area contributed by atoms with Crippen LogP contribution >= 0.6 is 39.0 Å². The number of fused-ring (bicyclic) bond motifs is 2. The number of imidazole rings is 1. The van der Waals surface area contributed by atoms with Crippen LogP contribution in [0.15, 0.2) is 22.7 Å². The SMILES string of the molecule is Fc1cc2[nH]c(-c3cc4c(s3)CCSC4)nc2cc1Br. The van der Waals surface area contributed by atoms with Gasteiger partial charge in [-0.3, -0.25) is 0 Å². The van der Waals surface area contributed by atoms with Crippen molar-refractivity contribution in [2.24, 2.45) is 0 Å². The third kappa shape index (κ3) is 2.10. The fourth-order valence-corrected chi connectivity index (χ4v) is 5.03. The van der Waals surface area contributed by atoms with E-state index >= 15 is 0 Å². The smallest absolute Gasteiger partial charge is 0.148 e. The molecule has 102 valence electrons. The average Bonchev–Trinajstić information content (AvgIpc) is 3.02. The number of thioether (sulfide) groups is 1. The molecule has 0 radical (unpaired) electrons. The number of halogens is 2. The highest BCUT2D eigenvalue weighted by atomic mass is 79.9. The first-order valence-corrected chi connectivity index (χ1v) is 9.01. The van der Waals surface area contributed by atoms with E-state index in [1.54, 1.807) is 17.4 Å². The number of aromatic amines is 1. The number of hydrogen-bond donors (Lipinski definition) is 1. The summed E-state index contributed by atoms with van der Waals surface area (Å²) in [7, 11) is 0. The van der Waals surface area contributed by atoms with Crippen LogP contribution in [0, 0.1) is 5.82 Å². The van der Waals surface area contributed by atoms with Crippen LogP contribution in [0.1, 0.15) is 10.4 Å². The second kappa shape index (κ2) is 4.86. The number of rotatable bonds is 1. The Morgan fingerprint density at radius 1 is 1.30 bits per heavy atom. The van der Waals surface area contributed by atoms with E-state index in [4.69, 9.17) is 0 Å². The number of hydrogen-bond acceptors (Lipinski definition) is 3. The van der Waals surface area contributed by atoms with Gasteiger partial charge in [0.2, 0.25) is 0 Å².